The minimum Gasteiger partial charge on any atom is -0.484 e. The van der Waals surface area contributed by atoms with Crippen molar-refractivity contribution < 1.29 is 9.53 Å². The average molecular weight is 373 g/mol. The Morgan fingerprint density at radius 2 is 1.85 bits per heavy atom. The molecule has 0 saturated heterocycles. The van der Waals surface area contributed by atoms with Gasteiger partial charge < -0.3 is 4.74 Å². The van der Waals surface area contributed by atoms with Crippen LogP contribution in [0.2, 0.25) is 0 Å². The maximum atomic E-state index is 11.8. The van der Waals surface area contributed by atoms with Crippen LogP contribution in [-0.4, -0.2) is 18.7 Å². The zero-order valence-corrected chi connectivity index (χ0v) is 17.0. The Kier molecular flexibility index (Phi) is 6.59. The largest absolute Gasteiger partial charge is 0.484 e. The van der Waals surface area contributed by atoms with Gasteiger partial charge in [-0.2, -0.15) is 5.10 Å². The lowest BCUT2D eigenvalue weighted by Gasteiger charge is -2.33. The van der Waals surface area contributed by atoms with Gasteiger partial charge >= 0.3 is 0 Å². The Morgan fingerprint density at radius 3 is 2.42 bits per heavy atom. The van der Waals surface area contributed by atoms with E-state index in [1.165, 1.54) is 5.56 Å². The van der Waals surface area contributed by atoms with Crippen LogP contribution in [0.3, 0.4) is 0 Å². The van der Waals surface area contributed by atoms with Crippen molar-refractivity contribution in [2.24, 2.45) is 10.5 Å². The molecule has 140 valence electrons. The summed E-state index contributed by atoms with van der Waals surface area (Å²) in [5.41, 5.74) is 4.09. The monoisotopic (exact) mass is 372 g/mol. The highest BCUT2D eigenvalue weighted by Crippen LogP contribution is 2.36. The third kappa shape index (κ3) is 6.64. The molecule has 0 atom stereocenters. The van der Waals surface area contributed by atoms with Crippen molar-refractivity contribution in [1.82, 2.24) is 5.43 Å². The highest BCUT2D eigenvalue weighted by molar-refractivity contribution is 7.11. The molecule has 0 fully saturated rings. The molecule has 1 N–H and O–H groups in total. The van der Waals surface area contributed by atoms with E-state index in [1.807, 2.05) is 29.6 Å². The lowest BCUT2D eigenvalue weighted by molar-refractivity contribution is -0.123. The second kappa shape index (κ2) is 8.49. The van der Waals surface area contributed by atoms with Crippen LogP contribution in [0.25, 0.3) is 0 Å². The van der Waals surface area contributed by atoms with Crippen molar-refractivity contribution in [2.75, 3.05) is 6.61 Å². The summed E-state index contributed by atoms with van der Waals surface area (Å²) in [6, 6.07) is 11.9. The van der Waals surface area contributed by atoms with Crippen LogP contribution in [0.4, 0.5) is 0 Å². The number of rotatable bonds is 7. The topological polar surface area (TPSA) is 50.7 Å². The molecular formula is C21H28N2O2S. The SMILES string of the molecule is CC(C)(C)CC(C)(C)c1ccc(OCC(=O)N/N=C\c2cccs2)cc1. The fourth-order valence-corrected chi connectivity index (χ4v) is 3.73. The van der Waals surface area contributed by atoms with Gasteiger partial charge in [0.2, 0.25) is 0 Å². The molecule has 0 saturated carbocycles. The highest BCUT2D eigenvalue weighted by atomic mass is 32.1. The van der Waals surface area contributed by atoms with Crippen LogP contribution < -0.4 is 10.2 Å². The second-order valence-electron chi connectivity index (χ2n) is 8.24. The van der Waals surface area contributed by atoms with Crippen molar-refractivity contribution >= 4 is 23.5 Å². The van der Waals surface area contributed by atoms with E-state index >= 15 is 0 Å². The zero-order chi connectivity index (χ0) is 19.2. The predicted molar refractivity (Wildman–Crippen MR) is 109 cm³/mol. The van der Waals surface area contributed by atoms with Crippen molar-refractivity contribution in [2.45, 2.75) is 46.5 Å². The Bertz CT molecular complexity index is 726. The van der Waals surface area contributed by atoms with Gasteiger partial charge in [-0.3, -0.25) is 4.79 Å². The van der Waals surface area contributed by atoms with Crippen molar-refractivity contribution in [3.05, 3.63) is 52.2 Å². The van der Waals surface area contributed by atoms with Crippen molar-refractivity contribution in [1.29, 1.82) is 0 Å². The summed E-state index contributed by atoms with van der Waals surface area (Å²) >= 11 is 1.56. The number of nitrogens with zero attached hydrogens (tertiary/aromatic N) is 1. The molecule has 4 nitrogen and oxygen atoms in total. The summed E-state index contributed by atoms with van der Waals surface area (Å²) in [6.45, 7) is 11.2. The molecule has 0 aliphatic rings. The Morgan fingerprint density at radius 1 is 1.15 bits per heavy atom. The van der Waals surface area contributed by atoms with Gasteiger partial charge in [-0.15, -0.1) is 11.3 Å². The predicted octanol–water partition coefficient (Wildman–Crippen LogP) is 4.99. The standard InChI is InChI=1S/C21H28N2O2S/c1-20(2,3)15-21(4,5)16-8-10-17(11-9-16)25-14-19(24)23-22-13-18-7-6-12-26-18/h6-13H,14-15H2,1-5H3,(H,23,24)/b22-13-. The van der Waals surface area contributed by atoms with Gasteiger partial charge in [0.05, 0.1) is 6.21 Å². The third-order valence-electron chi connectivity index (χ3n) is 3.90. The van der Waals surface area contributed by atoms with Crippen LogP contribution >= 0.6 is 11.3 Å². The second-order valence-corrected chi connectivity index (χ2v) is 9.22. The van der Waals surface area contributed by atoms with Gasteiger partial charge in [0, 0.05) is 4.88 Å². The number of hydrazone groups is 1. The molecular weight excluding hydrogens is 344 g/mol. The van der Waals surface area contributed by atoms with E-state index in [0.717, 1.165) is 11.3 Å². The van der Waals surface area contributed by atoms with Crippen molar-refractivity contribution in [3.8, 4) is 5.75 Å². The van der Waals surface area contributed by atoms with E-state index in [-0.39, 0.29) is 23.3 Å². The number of amides is 1. The zero-order valence-electron chi connectivity index (χ0n) is 16.2. The number of thiophene rings is 1. The minimum absolute atomic E-state index is 0.0630. The summed E-state index contributed by atoms with van der Waals surface area (Å²) in [4.78, 5) is 12.8. The van der Waals surface area contributed by atoms with Gasteiger partial charge in [0.15, 0.2) is 6.61 Å². The van der Waals surface area contributed by atoms with Crippen LogP contribution in [0, 0.1) is 5.41 Å². The summed E-state index contributed by atoms with van der Waals surface area (Å²) in [6.07, 6.45) is 2.71. The summed E-state index contributed by atoms with van der Waals surface area (Å²) in [5.74, 6) is 0.396. The molecule has 1 aromatic heterocycles. The van der Waals surface area contributed by atoms with E-state index in [4.69, 9.17) is 4.74 Å². The molecule has 0 radical (unpaired) electrons. The number of carbonyl (C=O) groups excluding carboxylic acids is 1. The fraction of sp³-hybridized carbons (Fsp3) is 0.429. The number of hydrogen-bond acceptors (Lipinski definition) is 4. The van der Waals surface area contributed by atoms with Crippen molar-refractivity contribution in [3.63, 3.8) is 0 Å². The Hall–Kier alpha value is -2.14. The molecule has 0 unspecified atom stereocenters. The molecule has 1 aromatic carbocycles. The van der Waals surface area contributed by atoms with Gasteiger partial charge in [-0.25, -0.2) is 5.43 Å². The Labute approximate surface area is 160 Å². The first-order valence-corrected chi connectivity index (χ1v) is 9.62. The molecule has 0 bridgehead atoms. The first kappa shape index (κ1) is 20.2. The lowest BCUT2D eigenvalue weighted by Crippen LogP contribution is -2.25. The van der Waals surface area contributed by atoms with Gasteiger partial charge in [-0.05, 0) is 46.4 Å². The summed E-state index contributed by atoms with van der Waals surface area (Å²) in [5, 5.41) is 5.87. The Balaban J connectivity index is 1.84. The number of nitrogens with one attached hydrogen (secondary N) is 1. The van der Waals surface area contributed by atoms with Gasteiger partial charge in [0.1, 0.15) is 5.75 Å². The van der Waals surface area contributed by atoms with Gasteiger partial charge in [-0.1, -0.05) is 52.8 Å². The van der Waals surface area contributed by atoms with E-state index in [2.05, 4.69) is 57.3 Å². The van der Waals surface area contributed by atoms with E-state index in [0.29, 0.717) is 5.75 Å². The molecule has 0 aliphatic carbocycles. The average Bonchev–Trinajstić information content (AvgIpc) is 3.04. The minimum atomic E-state index is -0.282. The molecule has 2 aromatic rings. The number of carbonyl (C=O) groups is 1. The normalized spacial score (nSPS) is 12.3. The highest BCUT2D eigenvalue weighted by Gasteiger charge is 2.27. The first-order valence-electron chi connectivity index (χ1n) is 8.74. The molecule has 0 spiro atoms. The third-order valence-corrected chi connectivity index (χ3v) is 4.71. The molecule has 26 heavy (non-hydrogen) atoms. The quantitative estimate of drug-likeness (QED) is 0.550. The molecule has 1 amide bonds. The molecule has 2 rings (SSSR count). The summed E-state index contributed by atoms with van der Waals surface area (Å²) in [7, 11) is 0. The molecule has 0 aliphatic heterocycles. The van der Waals surface area contributed by atoms with Gasteiger partial charge in [0.25, 0.3) is 5.91 Å². The van der Waals surface area contributed by atoms with Crippen LogP contribution in [0.1, 0.15) is 51.5 Å². The number of ether oxygens (including phenoxy) is 1. The number of benzene rings is 1. The maximum absolute atomic E-state index is 11.8. The van der Waals surface area contributed by atoms with E-state index in [1.54, 1.807) is 17.6 Å². The fourth-order valence-electron chi connectivity index (χ4n) is 3.14. The number of hydrogen-bond donors (Lipinski definition) is 1. The maximum Gasteiger partial charge on any atom is 0.277 e. The van der Waals surface area contributed by atoms with E-state index in [9.17, 15) is 4.79 Å². The van der Waals surface area contributed by atoms with Crippen LogP contribution in [-0.2, 0) is 10.2 Å². The van der Waals surface area contributed by atoms with E-state index < -0.39 is 0 Å². The summed E-state index contributed by atoms with van der Waals surface area (Å²) < 4.78 is 5.54. The van der Waals surface area contributed by atoms with Crippen LogP contribution in [0.5, 0.6) is 5.75 Å². The first-order chi connectivity index (χ1) is 12.2. The lowest BCUT2D eigenvalue weighted by atomic mass is 9.72. The molecule has 5 heteroatoms. The van der Waals surface area contributed by atoms with Crippen LogP contribution in [0.15, 0.2) is 46.9 Å². The molecule has 1 heterocycles. The smallest absolute Gasteiger partial charge is 0.277 e.